The van der Waals surface area contributed by atoms with Crippen LogP contribution in [-0.4, -0.2) is 25.8 Å². The zero-order valence-corrected chi connectivity index (χ0v) is 12.5. The molecular formula is C17H16N4O2. The Morgan fingerprint density at radius 3 is 2.78 bits per heavy atom. The molecule has 3 aromatic rings. The molecule has 0 aliphatic rings. The monoisotopic (exact) mass is 308 g/mol. The average Bonchev–Trinajstić information content (AvgIpc) is 3.10. The maximum absolute atomic E-state index is 12.5. The van der Waals surface area contributed by atoms with Crippen molar-refractivity contribution in [3.63, 3.8) is 0 Å². The number of para-hydroxylation sites is 1. The van der Waals surface area contributed by atoms with Crippen molar-refractivity contribution in [2.24, 2.45) is 0 Å². The van der Waals surface area contributed by atoms with Gasteiger partial charge in [0.05, 0.1) is 11.8 Å². The first-order valence-electron chi connectivity index (χ1n) is 7.18. The second-order valence-electron chi connectivity index (χ2n) is 5.11. The van der Waals surface area contributed by atoms with Crippen LogP contribution in [0.1, 0.15) is 28.9 Å². The van der Waals surface area contributed by atoms with Crippen molar-refractivity contribution in [1.82, 2.24) is 14.8 Å². The van der Waals surface area contributed by atoms with Gasteiger partial charge in [-0.2, -0.15) is 5.10 Å². The average molecular weight is 308 g/mol. The Morgan fingerprint density at radius 2 is 2.04 bits per heavy atom. The van der Waals surface area contributed by atoms with E-state index >= 15 is 0 Å². The van der Waals surface area contributed by atoms with Crippen molar-refractivity contribution >= 4 is 11.6 Å². The van der Waals surface area contributed by atoms with E-state index in [0.29, 0.717) is 16.8 Å². The van der Waals surface area contributed by atoms with E-state index in [1.165, 1.54) is 6.33 Å². The molecule has 6 nitrogen and oxygen atoms in total. The standard InChI is InChI=1S/C17H16N4O2/c1-12(22)15-7-2-3-8-16(15)20-17(23)13-5-4-6-14(9-13)21-11-18-10-19-21/h2-12,22H,1H3,(H,20,23). The number of carbonyl (C=O) groups excluding carboxylic acids is 1. The molecule has 2 aromatic carbocycles. The van der Waals surface area contributed by atoms with Gasteiger partial charge < -0.3 is 10.4 Å². The van der Waals surface area contributed by atoms with Crippen molar-refractivity contribution < 1.29 is 9.90 Å². The smallest absolute Gasteiger partial charge is 0.255 e. The van der Waals surface area contributed by atoms with Crippen molar-refractivity contribution in [2.45, 2.75) is 13.0 Å². The predicted octanol–water partition coefficient (Wildman–Crippen LogP) is 2.57. The first kappa shape index (κ1) is 14.9. The number of amides is 1. The number of nitrogens with zero attached hydrogens (tertiary/aromatic N) is 3. The molecule has 2 N–H and O–H groups in total. The van der Waals surface area contributed by atoms with Crippen molar-refractivity contribution in [2.75, 3.05) is 5.32 Å². The Hall–Kier alpha value is -2.99. The van der Waals surface area contributed by atoms with Gasteiger partial charge in [0, 0.05) is 16.8 Å². The lowest BCUT2D eigenvalue weighted by molar-refractivity contribution is 0.102. The second kappa shape index (κ2) is 6.41. The number of anilines is 1. The molecule has 116 valence electrons. The van der Waals surface area contributed by atoms with Crippen LogP contribution >= 0.6 is 0 Å². The molecule has 0 bridgehead atoms. The van der Waals surface area contributed by atoms with E-state index in [0.717, 1.165) is 5.69 Å². The minimum Gasteiger partial charge on any atom is -0.389 e. The van der Waals surface area contributed by atoms with Crippen LogP contribution in [0.2, 0.25) is 0 Å². The van der Waals surface area contributed by atoms with Crippen molar-refractivity contribution in [3.8, 4) is 5.69 Å². The van der Waals surface area contributed by atoms with Gasteiger partial charge in [-0.15, -0.1) is 0 Å². The van der Waals surface area contributed by atoms with E-state index in [2.05, 4.69) is 15.4 Å². The number of aliphatic hydroxyl groups is 1. The molecule has 23 heavy (non-hydrogen) atoms. The van der Waals surface area contributed by atoms with Gasteiger partial charge in [0.2, 0.25) is 0 Å². The molecule has 0 aliphatic heterocycles. The third-order valence-electron chi connectivity index (χ3n) is 3.45. The number of aliphatic hydroxyl groups excluding tert-OH is 1. The Kier molecular flexibility index (Phi) is 4.16. The first-order valence-corrected chi connectivity index (χ1v) is 7.18. The van der Waals surface area contributed by atoms with E-state index in [4.69, 9.17) is 0 Å². The van der Waals surface area contributed by atoms with Crippen LogP contribution in [0.5, 0.6) is 0 Å². The molecule has 1 unspecified atom stereocenters. The molecule has 1 atom stereocenters. The van der Waals surface area contributed by atoms with Crippen molar-refractivity contribution in [1.29, 1.82) is 0 Å². The normalized spacial score (nSPS) is 11.9. The number of hydrogen-bond acceptors (Lipinski definition) is 4. The molecule has 0 saturated carbocycles. The molecule has 0 radical (unpaired) electrons. The van der Waals surface area contributed by atoms with Crippen LogP contribution in [0, 0.1) is 0 Å². The van der Waals surface area contributed by atoms with Gasteiger partial charge in [0.15, 0.2) is 0 Å². The highest BCUT2D eigenvalue weighted by Crippen LogP contribution is 2.23. The SMILES string of the molecule is CC(O)c1ccccc1NC(=O)c1cccc(-n2cncn2)c1. The van der Waals surface area contributed by atoms with Gasteiger partial charge in [-0.05, 0) is 31.2 Å². The molecule has 0 aliphatic carbocycles. The lowest BCUT2D eigenvalue weighted by Crippen LogP contribution is -2.14. The van der Waals surface area contributed by atoms with Crippen molar-refractivity contribution in [3.05, 3.63) is 72.3 Å². The van der Waals surface area contributed by atoms with Crippen LogP contribution in [0.15, 0.2) is 61.2 Å². The van der Waals surface area contributed by atoms with E-state index in [9.17, 15) is 9.90 Å². The lowest BCUT2D eigenvalue weighted by Gasteiger charge is -2.13. The highest BCUT2D eigenvalue weighted by atomic mass is 16.3. The van der Waals surface area contributed by atoms with Crippen LogP contribution in [0.25, 0.3) is 5.69 Å². The lowest BCUT2D eigenvalue weighted by atomic mass is 10.1. The summed E-state index contributed by atoms with van der Waals surface area (Å²) in [5.41, 5.74) is 2.52. The Bertz CT molecular complexity index is 813. The zero-order chi connectivity index (χ0) is 16.2. The van der Waals surface area contributed by atoms with Crippen LogP contribution in [-0.2, 0) is 0 Å². The largest absolute Gasteiger partial charge is 0.389 e. The molecule has 0 fully saturated rings. The summed E-state index contributed by atoms with van der Waals surface area (Å²) >= 11 is 0. The minimum atomic E-state index is -0.659. The highest BCUT2D eigenvalue weighted by Gasteiger charge is 2.12. The second-order valence-corrected chi connectivity index (χ2v) is 5.11. The third kappa shape index (κ3) is 3.27. The quantitative estimate of drug-likeness (QED) is 0.776. The number of carbonyl (C=O) groups is 1. The van der Waals surface area contributed by atoms with E-state index < -0.39 is 6.10 Å². The third-order valence-corrected chi connectivity index (χ3v) is 3.45. The van der Waals surface area contributed by atoms with Gasteiger partial charge in [-0.3, -0.25) is 4.79 Å². The number of hydrogen-bond donors (Lipinski definition) is 2. The summed E-state index contributed by atoms with van der Waals surface area (Å²) in [6, 6.07) is 14.3. The van der Waals surface area contributed by atoms with E-state index in [1.54, 1.807) is 48.3 Å². The molecule has 1 amide bonds. The Balaban J connectivity index is 1.86. The molecule has 3 rings (SSSR count). The van der Waals surface area contributed by atoms with Gasteiger partial charge in [0.1, 0.15) is 12.7 Å². The van der Waals surface area contributed by atoms with E-state index in [-0.39, 0.29) is 5.91 Å². The minimum absolute atomic E-state index is 0.250. The van der Waals surface area contributed by atoms with Crippen LogP contribution < -0.4 is 5.32 Å². The summed E-state index contributed by atoms with van der Waals surface area (Å²) in [5, 5.41) is 16.7. The Morgan fingerprint density at radius 1 is 1.22 bits per heavy atom. The summed E-state index contributed by atoms with van der Waals surface area (Å²) in [5.74, 6) is -0.250. The van der Waals surface area contributed by atoms with Gasteiger partial charge in [-0.25, -0.2) is 9.67 Å². The summed E-state index contributed by atoms with van der Waals surface area (Å²) in [4.78, 5) is 16.4. The summed E-state index contributed by atoms with van der Waals surface area (Å²) < 4.78 is 1.58. The Labute approximate surface area is 133 Å². The molecule has 0 spiro atoms. The summed E-state index contributed by atoms with van der Waals surface area (Å²) in [6.07, 6.45) is 2.35. The molecule has 6 heteroatoms. The van der Waals surface area contributed by atoms with Crippen LogP contribution in [0.4, 0.5) is 5.69 Å². The van der Waals surface area contributed by atoms with Gasteiger partial charge in [-0.1, -0.05) is 24.3 Å². The molecular weight excluding hydrogens is 292 g/mol. The molecule has 0 saturated heterocycles. The molecule has 1 aromatic heterocycles. The van der Waals surface area contributed by atoms with Gasteiger partial charge in [0.25, 0.3) is 5.91 Å². The zero-order valence-electron chi connectivity index (χ0n) is 12.5. The first-order chi connectivity index (χ1) is 11.1. The highest BCUT2D eigenvalue weighted by molar-refractivity contribution is 6.05. The number of aromatic nitrogens is 3. The number of benzene rings is 2. The predicted molar refractivity (Wildman–Crippen MR) is 86.4 cm³/mol. The number of nitrogens with one attached hydrogen (secondary N) is 1. The fourth-order valence-corrected chi connectivity index (χ4v) is 2.30. The fourth-order valence-electron chi connectivity index (χ4n) is 2.30. The van der Waals surface area contributed by atoms with Gasteiger partial charge >= 0.3 is 0 Å². The summed E-state index contributed by atoms with van der Waals surface area (Å²) in [7, 11) is 0. The number of rotatable bonds is 4. The van der Waals surface area contributed by atoms with Crippen LogP contribution in [0.3, 0.4) is 0 Å². The maximum Gasteiger partial charge on any atom is 0.255 e. The topological polar surface area (TPSA) is 80.0 Å². The van der Waals surface area contributed by atoms with E-state index in [1.807, 2.05) is 18.2 Å². The fraction of sp³-hybridized carbons (Fsp3) is 0.118. The maximum atomic E-state index is 12.5. The summed E-state index contributed by atoms with van der Waals surface area (Å²) in [6.45, 7) is 1.66. The molecule has 1 heterocycles.